The molecule has 7 nitrogen and oxygen atoms in total. The first-order valence-corrected chi connectivity index (χ1v) is 11.9. The zero-order chi connectivity index (χ0) is 21.1. The van der Waals surface area contributed by atoms with Gasteiger partial charge in [0.05, 0.1) is 18.0 Å². The Hall–Kier alpha value is -1.21. The number of ether oxygens (including phenoxy) is 1. The highest BCUT2D eigenvalue weighted by Crippen LogP contribution is 2.12. The van der Waals surface area contributed by atoms with Crippen LogP contribution in [0.25, 0.3) is 0 Å². The number of nitrogens with zero attached hydrogens (tertiary/aromatic N) is 2. The molecule has 0 amide bonds. The van der Waals surface area contributed by atoms with Crippen molar-refractivity contribution < 1.29 is 13.2 Å². The van der Waals surface area contributed by atoms with E-state index in [0.717, 1.165) is 31.0 Å². The molecule has 1 aromatic carbocycles. The molecule has 1 heterocycles. The van der Waals surface area contributed by atoms with Crippen LogP contribution in [0, 0.1) is 0 Å². The lowest BCUT2D eigenvalue weighted by molar-refractivity contribution is 0.204. The molecule has 0 bridgehead atoms. The van der Waals surface area contributed by atoms with Crippen LogP contribution in [0.2, 0.25) is 0 Å². The normalized spacial score (nSPS) is 11.8. The van der Waals surface area contributed by atoms with Gasteiger partial charge in [-0.15, -0.1) is 35.3 Å². The monoisotopic (exact) mass is 566 g/mol. The molecule has 168 valence electrons. The Kier molecular flexibility index (Phi) is 12.5. The number of likely N-dealkylation sites (N-methyl/N-ethyl adjacent to an activating group) is 1. The van der Waals surface area contributed by atoms with Crippen LogP contribution in [0.4, 0.5) is 0 Å². The summed E-state index contributed by atoms with van der Waals surface area (Å²) in [7, 11) is 0.0400. The third kappa shape index (κ3) is 8.88. The minimum Gasteiger partial charge on any atom is -0.383 e. The smallest absolute Gasteiger partial charge is 0.240 e. The minimum atomic E-state index is -3.52. The Morgan fingerprint density at radius 1 is 1.23 bits per heavy atom. The van der Waals surface area contributed by atoms with E-state index in [0.29, 0.717) is 13.2 Å². The van der Waals surface area contributed by atoms with Crippen LogP contribution in [-0.2, 0) is 27.7 Å². The van der Waals surface area contributed by atoms with E-state index in [1.165, 1.54) is 12.0 Å². The largest absolute Gasteiger partial charge is 0.383 e. The summed E-state index contributed by atoms with van der Waals surface area (Å²) in [4.78, 5) is 8.39. The van der Waals surface area contributed by atoms with Gasteiger partial charge < -0.3 is 15.0 Å². The van der Waals surface area contributed by atoms with E-state index in [4.69, 9.17) is 4.74 Å². The molecule has 0 unspecified atom stereocenters. The van der Waals surface area contributed by atoms with Crippen molar-refractivity contribution in [2.45, 2.75) is 24.8 Å². The summed E-state index contributed by atoms with van der Waals surface area (Å²) in [5, 5.41) is 5.40. The van der Waals surface area contributed by atoms with E-state index in [1.807, 2.05) is 14.0 Å². The summed E-state index contributed by atoms with van der Waals surface area (Å²) < 4.78 is 31.8. The van der Waals surface area contributed by atoms with Crippen molar-refractivity contribution in [3.8, 4) is 0 Å². The lowest BCUT2D eigenvalue weighted by Gasteiger charge is -2.21. The second kappa shape index (κ2) is 14.0. The number of sulfonamides is 1. The van der Waals surface area contributed by atoms with Gasteiger partial charge in [-0.25, -0.2) is 18.1 Å². The van der Waals surface area contributed by atoms with E-state index >= 15 is 0 Å². The molecule has 2 aromatic rings. The molecule has 0 saturated heterocycles. The Labute approximate surface area is 201 Å². The number of benzene rings is 1. The number of aliphatic imine (C=N–C) groups is 1. The molecule has 30 heavy (non-hydrogen) atoms. The average Bonchev–Trinajstić information content (AvgIpc) is 3.23. The molecular formula is C20H31IN4O3S2. The van der Waals surface area contributed by atoms with Crippen molar-refractivity contribution >= 4 is 51.3 Å². The summed E-state index contributed by atoms with van der Waals surface area (Å²) in [6, 6.07) is 11.0. The van der Waals surface area contributed by atoms with Crippen LogP contribution < -0.4 is 10.0 Å². The van der Waals surface area contributed by atoms with Crippen molar-refractivity contribution in [2.24, 2.45) is 4.99 Å². The molecule has 0 aliphatic rings. The predicted octanol–water partition coefficient (Wildman–Crippen LogP) is 2.93. The maximum Gasteiger partial charge on any atom is 0.240 e. The van der Waals surface area contributed by atoms with E-state index < -0.39 is 10.0 Å². The lowest BCUT2D eigenvalue weighted by Crippen LogP contribution is -2.39. The van der Waals surface area contributed by atoms with E-state index in [-0.39, 0.29) is 35.4 Å². The number of rotatable bonds is 11. The highest BCUT2D eigenvalue weighted by molar-refractivity contribution is 14.0. The molecular weight excluding hydrogens is 535 g/mol. The van der Waals surface area contributed by atoms with Gasteiger partial charge in [0.25, 0.3) is 0 Å². The standard InChI is InChI=1S/C20H30N4O3S2.HI/c1-4-21-20(24(2)13-11-18-6-5-15-28-18)22-16-17-7-9-19(10-8-17)29(25,26)23-12-14-27-3;/h5-10,15,23H,4,11-14,16H2,1-3H3,(H,21,22);1H. The van der Waals surface area contributed by atoms with Gasteiger partial charge >= 0.3 is 0 Å². The maximum atomic E-state index is 12.2. The fourth-order valence-electron chi connectivity index (χ4n) is 2.61. The highest BCUT2D eigenvalue weighted by atomic mass is 127. The van der Waals surface area contributed by atoms with Crippen molar-refractivity contribution in [2.75, 3.05) is 40.4 Å². The first-order valence-electron chi connectivity index (χ1n) is 9.55. The fraction of sp³-hybridized carbons (Fsp3) is 0.450. The van der Waals surface area contributed by atoms with Gasteiger partial charge in [-0.1, -0.05) is 18.2 Å². The number of guanidine groups is 1. The SMILES string of the molecule is CCNC(=NCc1ccc(S(=O)(=O)NCCOC)cc1)N(C)CCc1cccs1.I. The van der Waals surface area contributed by atoms with Crippen molar-refractivity contribution in [1.82, 2.24) is 14.9 Å². The van der Waals surface area contributed by atoms with Gasteiger partial charge in [0.1, 0.15) is 0 Å². The van der Waals surface area contributed by atoms with Gasteiger partial charge in [-0.05, 0) is 42.5 Å². The Bertz CT molecular complexity index is 857. The van der Waals surface area contributed by atoms with Gasteiger partial charge in [-0.2, -0.15) is 0 Å². The Balaban J connectivity index is 0.00000450. The number of methoxy groups -OCH3 is 1. The highest BCUT2D eigenvalue weighted by Gasteiger charge is 2.13. The van der Waals surface area contributed by atoms with Crippen LogP contribution in [0.1, 0.15) is 17.4 Å². The molecule has 1 aromatic heterocycles. The van der Waals surface area contributed by atoms with Crippen molar-refractivity contribution in [3.05, 3.63) is 52.2 Å². The zero-order valence-corrected chi connectivity index (χ0v) is 21.6. The van der Waals surface area contributed by atoms with Gasteiger partial charge in [0.2, 0.25) is 10.0 Å². The summed E-state index contributed by atoms with van der Waals surface area (Å²) >= 11 is 1.76. The van der Waals surface area contributed by atoms with E-state index in [2.05, 4.69) is 37.4 Å². The van der Waals surface area contributed by atoms with Gasteiger partial charge in [0.15, 0.2) is 5.96 Å². The van der Waals surface area contributed by atoms with Gasteiger partial charge in [0, 0.05) is 38.7 Å². The molecule has 0 fully saturated rings. The van der Waals surface area contributed by atoms with Crippen LogP contribution in [-0.4, -0.2) is 59.7 Å². The van der Waals surface area contributed by atoms with Crippen molar-refractivity contribution in [1.29, 1.82) is 0 Å². The fourth-order valence-corrected chi connectivity index (χ4v) is 4.32. The summed E-state index contributed by atoms with van der Waals surface area (Å²) in [6.07, 6.45) is 0.973. The average molecular weight is 567 g/mol. The topological polar surface area (TPSA) is 83.0 Å². The Morgan fingerprint density at radius 3 is 2.57 bits per heavy atom. The number of thiophene rings is 1. The first-order chi connectivity index (χ1) is 14.0. The quantitative estimate of drug-likeness (QED) is 0.189. The number of nitrogens with one attached hydrogen (secondary N) is 2. The first kappa shape index (κ1) is 26.8. The number of halogens is 1. The zero-order valence-electron chi connectivity index (χ0n) is 17.6. The summed E-state index contributed by atoms with van der Waals surface area (Å²) in [5.74, 6) is 0.835. The molecule has 0 aliphatic carbocycles. The van der Waals surface area contributed by atoms with Gasteiger partial charge in [-0.3, -0.25) is 0 Å². The lowest BCUT2D eigenvalue weighted by atomic mass is 10.2. The minimum absolute atomic E-state index is 0. The van der Waals surface area contributed by atoms with Crippen molar-refractivity contribution in [3.63, 3.8) is 0 Å². The third-order valence-electron chi connectivity index (χ3n) is 4.21. The molecule has 2 rings (SSSR count). The number of hydrogen-bond acceptors (Lipinski definition) is 5. The predicted molar refractivity (Wildman–Crippen MR) is 134 cm³/mol. The van der Waals surface area contributed by atoms with E-state index in [9.17, 15) is 8.42 Å². The molecule has 0 saturated carbocycles. The summed E-state index contributed by atoms with van der Waals surface area (Å²) in [5.41, 5.74) is 0.947. The molecule has 0 radical (unpaired) electrons. The van der Waals surface area contributed by atoms with Crippen LogP contribution in [0.15, 0.2) is 51.7 Å². The maximum absolute atomic E-state index is 12.2. The van der Waals surface area contributed by atoms with Crippen LogP contribution in [0.3, 0.4) is 0 Å². The third-order valence-corrected chi connectivity index (χ3v) is 6.63. The molecule has 2 N–H and O–H groups in total. The molecule has 0 atom stereocenters. The molecule has 10 heteroatoms. The second-order valence-corrected chi connectivity index (χ2v) is 9.25. The van der Waals surface area contributed by atoms with Crippen LogP contribution in [0.5, 0.6) is 0 Å². The molecule has 0 aliphatic heterocycles. The second-order valence-electron chi connectivity index (χ2n) is 6.46. The molecule has 0 spiro atoms. The Morgan fingerprint density at radius 2 is 1.97 bits per heavy atom. The summed E-state index contributed by atoms with van der Waals surface area (Å²) in [6.45, 7) is 4.75. The van der Waals surface area contributed by atoms with Crippen LogP contribution >= 0.6 is 35.3 Å². The number of hydrogen-bond donors (Lipinski definition) is 2. The van der Waals surface area contributed by atoms with E-state index in [1.54, 1.807) is 35.6 Å².